The van der Waals surface area contributed by atoms with Crippen LogP contribution in [0.4, 0.5) is 4.79 Å². The number of allylic oxidation sites excluding steroid dienone is 2. The molecule has 8 heteroatoms. The number of nitriles is 3. The van der Waals surface area contributed by atoms with Gasteiger partial charge >= 0.3 is 6.09 Å². The molecule has 2 aliphatic rings. The molecule has 2 atom stereocenters. The second kappa shape index (κ2) is 7.04. The van der Waals surface area contributed by atoms with Crippen molar-refractivity contribution >= 4 is 6.09 Å². The third-order valence-corrected chi connectivity index (χ3v) is 5.22. The third kappa shape index (κ3) is 3.22. The quantitative estimate of drug-likeness (QED) is 0.776. The van der Waals surface area contributed by atoms with Gasteiger partial charge in [0.05, 0.1) is 35.9 Å². The van der Waals surface area contributed by atoms with Gasteiger partial charge in [-0.3, -0.25) is 0 Å². The van der Waals surface area contributed by atoms with E-state index in [9.17, 15) is 20.6 Å². The number of carbonyl (C=O) groups is 1. The average Bonchev–Trinajstić information content (AvgIpc) is 3.19. The molecule has 2 N–H and O–H groups in total. The Morgan fingerprint density at radius 3 is 2.55 bits per heavy atom. The first-order valence-corrected chi connectivity index (χ1v) is 9.11. The fraction of sp³-hybridized carbons (Fsp3) is 0.429. The highest BCUT2D eigenvalue weighted by atomic mass is 16.6. The standard InChI is InChI=1S/C21H21N5O3/c1-20(2,3)29-19(27)26-6-4-14-15(8-22)18(25)21(11-23,12-24)17(16(14)9-26)13-5-7-28-10-13/h4-5,7,10,16-17H,6,9,25H2,1-3H3/t16-,17-/m0/s1. The van der Waals surface area contributed by atoms with Crippen molar-refractivity contribution in [1.82, 2.24) is 4.90 Å². The lowest BCUT2D eigenvalue weighted by Gasteiger charge is -2.45. The van der Waals surface area contributed by atoms with Gasteiger partial charge < -0.3 is 19.8 Å². The van der Waals surface area contributed by atoms with Crippen LogP contribution in [0.25, 0.3) is 0 Å². The lowest BCUT2D eigenvalue weighted by Crippen LogP contribution is -2.50. The Labute approximate surface area is 169 Å². The number of furan rings is 1. The summed E-state index contributed by atoms with van der Waals surface area (Å²) >= 11 is 0. The Bertz CT molecular complexity index is 995. The molecule has 0 fully saturated rings. The fourth-order valence-electron chi connectivity index (χ4n) is 3.98. The van der Waals surface area contributed by atoms with Crippen molar-refractivity contribution < 1.29 is 13.9 Å². The van der Waals surface area contributed by atoms with E-state index in [4.69, 9.17) is 14.9 Å². The second-order valence-electron chi connectivity index (χ2n) is 8.12. The summed E-state index contributed by atoms with van der Waals surface area (Å²) in [4.78, 5) is 14.1. The first-order valence-electron chi connectivity index (χ1n) is 9.11. The van der Waals surface area contributed by atoms with Crippen molar-refractivity contribution in [1.29, 1.82) is 15.8 Å². The monoisotopic (exact) mass is 391 g/mol. The van der Waals surface area contributed by atoms with Crippen molar-refractivity contribution in [2.45, 2.75) is 32.3 Å². The first kappa shape index (κ1) is 20.0. The first-order chi connectivity index (χ1) is 13.7. The summed E-state index contributed by atoms with van der Waals surface area (Å²) in [7, 11) is 0. The van der Waals surface area contributed by atoms with E-state index in [1.165, 1.54) is 17.4 Å². The van der Waals surface area contributed by atoms with E-state index < -0.39 is 28.9 Å². The van der Waals surface area contributed by atoms with E-state index >= 15 is 0 Å². The summed E-state index contributed by atoms with van der Waals surface area (Å²) in [6, 6.07) is 7.79. The summed E-state index contributed by atoms with van der Waals surface area (Å²) < 4.78 is 10.7. The molecule has 1 aliphatic carbocycles. The Morgan fingerprint density at radius 1 is 1.34 bits per heavy atom. The summed E-state index contributed by atoms with van der Waals surface area (Å²) in [6.07, 6.45) is 4.16. The largest absolute Gasteiger partial charge is 0.472 e. The van der Waals surface area contributed by atoms with Gasteiger partial charge in [0.25, 0.3) is 0 Å². The molecular weight excluding hydrogens is 370 g/mol. The molecule has 0 aromatic carbocycles. The molecule has 0 saturated heterocycles. The zero-order chi connectivity index (χ0) is 21.4. The van der Waals surface area contributed by atoms with Gasteiger partial charge in [-0.1, -0.05) is 6.08 Å². The van der Waals surface area contributed by atoms with E-state index in [0.717, 1.165) is 0 Å². The number of ether oxygens (including phenoxy) is 1. The number of nitrogens with zero attached hydrogens (tertiary/aromatic N) is 4. The maximum absolute atomic E-state index is 12.6. The number of fused-ring (bicyclic) bond motifs is 1. The lowest BCUT2D eigenvalue weighted by molar-refractivity contribution is 0.0224. The fourth-order valence-corrected chi connectivity index (χ4v) is 3.98. The molecule has 0 bridgehead atoms. The number of amides is 1. The highest BCUT2D eigenvalue weighted by Crippen LogP contribution is 2.54. The van der Waals surface area contributed by atoms with Crippen LogP contribution in [-0.4, -0.2) is 29.7 Å². The molecule has 1 aliphatic heterocycles. The van der Waals surface area contributed by atoms with Crippen molar-refractivity contribution in [3.8, 4) is 18.2 Å². The van der Waals surface area contributed by atoms with Gasteiger partial charge in [-0.05, 0) is 38.0 Å². The highest BCUT2D eigenvalue weighted by Gasteiger charge is 2.55. The Hall–Kier alpha value is -3.70. The molecule has 1 amide bonds. The summed E-state index contributed by atoms with van der Waals surface area (Å²) in [5, 5.41) is 29.6. The van der Waals surface area contributed by atoms with Crippen molar-refractivity contribution in [3.63, 3.8) is 0 Å². The van der Waals surface area contributed by atoms with Gasteiger partial charge in [0.2, 0.25) is 0 Å². The van der Waals surface area contributed by atoms with E-state index in [0.29, 0.717) is 11.1 Å². The van der Waals surface area contributed by atoms with E-state index in [-0.39, 0.29) is 24.4 Å². The van der Waals surface area contributed by atoms with Gasteiger partial charge in [0.15, 0.2) is 5.41 Å². The van der Waals surface area contributed by atoms with Crippen LogP contribution in [0.3, 0.4) is 0 Å². The van der Waals surface area contributed by atoms with Crippen LogP contribution < -0.4 is 5.73 Å². The molecule has 0 unspecified atom stereocenters. The maximum Gasteiger partial charge on any atom is 0.410 e. The van der Waals surface area contributed by atoms with E-state index in [2.05, 4.69) is 6.07 Å². The zero-order valence-electron chi connectivity index (χ0n) is 16.5. The normalized spacial score (nSPS) is 23.2. The van der Waals surface area contributed by atoms with Gasteiger partial charge in [0, 0.05) is 24.9 Å². The number of nitrogens with two attached hydrogens (primary N) is 1. The lowest BCUT2D eigenvalue weighted by atomic mass is 9.58. The van der Waals surface area contributed by atoms with Crippen LogP contribution in [-0.2, 0) is 4.74 Å². The second-order valence-corrected chi connectivity index (χ2v) is 8.12. The summed E-state index contributed by atoms with van der Waals surface area (Å²) in [5.74, 6) is -1.19. The number of rotatable bonds is 1. The van der Waals surface area contributed by atoms with Crippen LogP contribution in [0, 0.1) is 45.3 Å². The van der Waals surface area contributed by atoms with E-state index in [1.54, 1.807) is 32.9 Å². The molecule has 0 radical (unpaired) electrons. The van der Waals surface area contributed by atoms with Crippen molar-refractivity contribution in [3.05, 3.63) is 47.1 Å². The van der Waals surface area contributed by atoms with E-state index in [1.807, 2.05) is 12.1 Å². The molecular formula is C21H21N5O3. The van der Waals surface area contributed by atoms with Gasteiger partial charge in [-0.15, -0.1) is 0 Å². The Balaban J connectivity index is 2.14. The highest BCUT2D eigenvalue weighted by molar-refractivity contribution is 5.70. The number of carbonyl (C=O) groups excluding carboxylic acids is 1. The summed E-state index contributed by atoms with van der Waals surface area (Å²) in [6.45, 7) is 5.75. The van der Waals surface area contributed by atoms with Gasteiger partial charge in [0.1, 0.15) is 11.7 Å². The molecule has 0 saturated carbocycles. The van der Waals surface area contributed by atoms with Gasteiger partial charge in [-0.2, -0.15) is 15.8 Å². The summed E-state index contributed by atoms with van der Waals surface area (Å²) in [5.41, 5.74) is 5.09. The predicted octanol–water partition coefficient (Wildman–Crippen LogP) is 2.94. The van der Waals surface area contributed by atoms with Crippen molar-refractivity contribution in [2.24, 2.45) is 17.1 Å². The van der Waals surface area contributed by atoms with Crippen LogP contribution >= 0.6 is 0 Å². The van der Waals surface area contributed by atoms with Crippen LogP contribution in [0.5, 0.6) is 0 Å². The predicted molar refractivity (Wildman–Crippen MR) is 101 cm³/mol. The van der Waals surface area contributed by atoms with Gasteiger partial charge in [-0.25, -0.2) is 4.79 Å². The molecule has 3 rings (SSSR count). The molecule has 1 aromatic rings. The number of hydrogen-bond donors (Lipinski definition) is 1. The minimum Gasteiger partial charge on any atom is -0.472 e. The molecule has 2 heterocycles. The molecule has 0 spiro atoms. The minimum atomic E-state index is -1.76. The van der Waals surface area contributed by atoms with Crippen LogP contribution in [0.15, 0.2) is 45.9 Å². The average molecular weight is 391 g/mol. The Kier molecular flexibility index (Phi) is 4.86. The molecule has 148 valence electrons. The zero-order valence-corrected chi connectivity index (χ0v) is 16.5. The molecule has 29 heavy (non-hydrogen) atoms. The smallest absolute Gasteiger partial charge is 0.410 e. The van der Waals surface area contributed by atoms with Crippen LogP contribution in [0.2, 0.25) is 0 Å². The third-order valence-electron chi connectivity index (χ3n) is 5.22. The molecule has 1 aromatic heterocycles. The Morgan fingerprint density at radius 2 is 2.03 bits per heavy atom. The SMILES string of the molecule is CC(C)(C)OC(=O)N1CC=C2C(C#N)=C(N)C(C#N)(C#N)[C@@H](c3ccoc3)[C@H]2C1. The maximum atomic E-state index is 12.6. The molecule has 8 nitrogen and oxygen atoms in total. The van der Waals surface area contributed by atoms with Crippen LogP contribution in [0.1, 0.15) is 32.3 Å². The minimum absolute atomic E-state index is 0.0654. The van der Waals surface area contributed by atoms with Crippen molar-refractivity contribution in [2.75, 3.05) is 13.1 Å². The number of hydrogen-bond acceptors (Lipinski definition) is 7. The topological polar surface area (TPSA) is 140 Å².